The predicted octanol–water partition coefficient (Wildman–Crippen LogP) is 7.63. The Balaban J connectivity index is 0.00000207. The number of amides is 2. The molecule has 6 nitrogen and oxygen atoms in total. The molecule has 220 valence electrons. The molecule has 1 unspecified atom stereocenters. The largest absolute Gasteiger partial charge is 0.416 e. The van der Waals surface area contributed by atoms with Gasteiger partial charge >= 0.3 is 6.18 Å². The number of carbonyl (C=O) groups excluding carboxylic acids is 2. The number of benzene rings is 4. The number of nitrogens with zero attached hydrogens (tertiary/aromatic N) is 1. The van der Waals surface area contributed by atoms with Crippen molar-refractivity contribution in [2.45, 2.75) is 26.1 Å². The molecule has 9 heteroatoms. The van der Waals surface area contributed by atoms with Gasteiger partial charge in [-0.1, -0.05) is 74.5 Å². The molecular formula is C34H31F3N4O2. The number of carbonyl (C=O) groups is 2. The number of aromatic nitrogens is 1. The minimum absolute atomic E-state index is 0.246. The molecule has 0 aliphatic heterocycles. The maximum Gasteiger partial charge on any atom is 0.416 e. The first-order valence-corrected chi connectivity index (χ1v) is 13.8. The average molecular weight is 585 g/mol. The molecule has 43 heavy (non-hydrogen) atoms. The number of anilines is 1. The Morgan fingerprint density at radius 1 is 0.814 bits per heavy atom. The summed E-state index contributed by atoms with van der Waals surface area (Å²) in [5.74, 6) is -0.449. The quantitative estimate of drug-likeness (QED) is 0.183. The molecule has 4 N–H and O–H groups in total. The van der Waals surface area contributed by atoms with Crippen LogP contribution in [0.4, 0.5) is 19.0 Å². The lowest BCUT2D eigenvalue weighted by Crippen LogP contribution is -2.33. The average Bonchev–Trinajstić information content (AvgIpc) is 3.04. The van der Waals surface area contributed by atoms with Crippen molar-refractivity contribution < 1.29 is 22.8 Å². The molecule has 0 saturated heterocycles. The highest BCUT2D eigenvalue weighted by Gasteiger charge is 2.30. The molecular weight excluding hydrogens is 553 g/mol. The molecule has 0 aliphatic carbocycles. The number of halogens is 3. The van der Waals surface area contributed by atoms with Gasteiger partial charge in [-0.25, -0.2) is 4.98 Å². The Bertz CT molecular complexity index is 1710. The van der Waals surface area contributed by atoms with E-state index in [-0.39, 0.29) is 29.9 Å². The molecule has 4 aromatic carbocycles. The molecule has 0 saturated carbocycles. The minimum atomic E-state index is -4.45. The smallest absolute Gasteiger partial charge is 0.344 e. The van der Waals surface area contributed by atoms with Gasteiger partial charge in [0.2, 0.25) is 0 Å². The van der Waals surface area contributed by atoms with Crippen LogP contribution in [0, 0.1) is 0 Å². The zero-order chi connectivity index (χ0) is 31.0. The van der Waals surface area contributed by atoms with E-state index < -0.39 is 17.6 Å². The first kappa shape index (κ1) is 30.9. The molecule has 2 amide bonds. The first-order chi connectivity index (χ1) is 20.7. The van der Waals surface area contributed by atoms with Crippen molar-refractivity contribution in [3.8, 4) is 11.1 Å². The number of fused-ring (bicyclic) bond motifs is 1. The summed E-state index contributed by atoms with van der Waals surface area (Å²) in [5, 5.41) is 6.41. The number of alkyl halides is 3. The molecule has 1 aromatic heterocycles. The van der Waals surface area contributed by atoms with Crippen molar-refractivity contribution in [1.82, 2.24) is 10.3 Å². The molecule has 0 radical (unpaired) electrons. The molecule has 5 rings (SSSR count). The minimum Gasteiger partial charge on any atom is -0.344 e. The highest BCUT2D eigenvalue weighted by Crippen LogP contribution is 2.32. The third-order valence-corrected chi connectivity index (χ3v) is 6.63. The van der Waals surface area contributed by atoms with Crippen LogP contribution in [0.3, 0.4) is 0 Å². The maximum absolute atomic E-state index is 13.2. The van der Waals surface area contributed by atoms with E-state index in [1.807, 2.05) is 44.2 Å². The van der Waals surface area contributed by atoms with Crippen molar-refractivity contribution in [3.05, 3.63) is 131 Å². The first-order valence-electron chi connectivity index (χ1n) is 13.8. The zero-order valence-electron chi connectivity index (χ0n) is 23.7. The van der Waals surface area contributed by atoms with Gasteiger partial charge in [0.15, 0.2) is 0 Å². The third kappa shape index (κ3) is 7.44. The van der Waals surface area contributed by atoms with Gasteiger partial charge in [0.1, 0.15) is 5.82 Å². The van der Waals surface area contributed by atoms with E-state index in [1.54, 1.807) is 54.6 Å². The topological polar surface area (TPSA) is 97.1 Å². The van der Waals surface area contributed by atoms with Crippen LogP contribution in [0.15, 0.2) is 109 Å². The Kier molecular flexibility index (Phi) is 9.90. The highest BCUT2D eigenvalue weighted by molar-refractivity contribution is 6.08. The van der Waals surface area contributed by atoms with Crippen molar-refractivity contribution in [3.63, 3.8) is 0 Å². The number of nitrogens with two attached hydrogens (primary N) is 1. The van der Waals surface area contributed by atoms with Crippen molar-refractivity contribution in [1.29, 1.82) is 0 Å². The van der Waals surface area contributed by atoms with E-state index in [9.17, 15) is 22.8 Å². The number of nitrogens with one attached hydrogen (secondary N) is 2. The normalized spacial score (nSPS) is 11.7. The molecule has 1 heterocycles. The second kappa shape index (κ2) is 13.8. The van der Waals surface area contributed by atoms with E-state index in [1.165, 1.54) is 12.1 Å². The predicted molar refractivity (Wildman–Crippen MR) is 164 cm³/mol. The standard InChI is InChI=1S/C32H25F3N4O2.C2H6/c33-32(34,35)24-14-10-20(11-15-24)25-8-4-5-9-26(25)31(41)39-29-17-13-22-18-23(12-16-27(22)37-29)30(40)38-28(19-36)21-6-2-1-3-7-21;1-2/h1-18,28H,19,36H2,(H,38,40)(H,37,39,41);1-2H3. The maximum atomic E-state index is 13.2. The number of hydrogen-bond acceptors (Lipinski definition) is 4. The van der Waals surface area contributed by atoms with Crippen molar-refractivity contribution in [2.75, 3.05) is 11.9 Å². The van der Waals surface area contributed by atoms with E-state index >= 15 is 0 Å². The molecule has 5 aromatic rings. The summed E-state index contributed by atoms with van der Waals surface area (Å²) in [6.45, 7) is 4.25. The summed E-state index contributed by atoms with van der Waals surface area (Å²) >= 11 is 0. The van der Waals surface area contributed by atoms with Crippen molar-refractivity contribution >= 4 is 28.5 Å². The molecule has 1 atom stereocenters. The summed E-state index contributed by atoms with van der Waals surface area (Å²) in [6.07, 6.45) is -4.45. The zero-order valence-corrected chi connectivity index (χ0v) is 23.7. The van der Waals surface area contributed by atoms with Gasteiger partial charge in [0, 0.05) is 23.1 Å². The number of pyridine rings is 1. The SMILES string of the molecule is CC.NCC(NC(=O)c1ccc2nc(NC(=O)c3ccccc3-c3ccc(C(F)(F)F)cc3)ccc2c1)c1ccccc1. The van der Waals surface area contributed by atoms with Gasteiger partial charge in [0.25, 0.3) is 11.8 Å². The van der Waals surface area contributed by atoms with Gasteiger partial charge < -0.3 is 16.4 Å². The van der Waals surface area contributed by atoms with Crippen LogP contribution < -0.4 is 16.4 Å². The number of rotatable bonds is 7. The molecule has 0 aliphatic rings. The molecule has 0 bridgehead atoms. The fourth-order valence-corrected chi connectivity index (χ4v) is 4.50. The van der Waals surface area contributed by atoms with Crippen LogP contribution in [0.5, 0.6) is 0 Å². The summed E-state index contributed by atoms with van der Waals surface area (Å²) in [5.41, 5.74) is 8.28. The Labute approximate surface area is 247 Å². The highest BCUT2D eigenvalue weighted by atomic mass is 19.4. The summed E-state index contributed by atoms with van der Waals surface area (Å²) < 4.78 is 38.9. The Morgan fingerprint density at radius 2 is 1.49 bits per heavy atom. The van der Waals surface area contributed by atoms with E-state index in [0.29, 0.717) is 27.6 Å². The molecule has 0 spiro atoms. The van der Waals surface area contributed by atoms with Crippen LogP contribution in [-0.4, -0.2) is 23.3 Å². The second-order valence-corrected chi connectivity index (χ2v) is 9.35. The van der Waals surface area contributed by atoms with Crippen LogP contribution in [0.1, 0.15) is 51.7 Å². The number of hydrogen-bond donors (Lipinski definition) is 3. The van der Waals surface area contributed by atoms with Crippen LogP contribution >= 0.6 is 0 Å². The third-order valence-electron chi connectivity index (χ3n) is 6.63. The summed E-state index contributed by atoms with van der Waals surface area (Å²) in [6, 6.07) is 28.9. The lowest BCUT2D eigenvalue weighted by Gasteiger charge is -2.17. The molecule has 0 fully saturated rings. The van der Waals surface area contributed by atoms with Crippen LogP contribution in [0.2, 0.25) is 0 Å². The van der Waals surface area contributed by atoms with Gasteiger partial charge in [-0.3, -0.25) is 9.59 Å². The fourth-order valence-electron chi connectivity index (χ4n) is 4.50. The Hall–Kier alpha value is -5.02. The second-order valence-electron chi connectivity index (χ2n) is 9.35. The van der Waals surface area contributed by atoms with Crippen LogP contribution in [-0.2, 0) is 6.18 Å². The van der Waals surface area contributed by atoms with E-state index in [4.69, 9.17) is 5.73 Å². The van der Waals surface area contributed by atoms with Gasteiger partial charge in [-0.2, -0.15) is 13.2 Å². The van der Waals surface area contributed by atoms with Crippen molar-refractivity contribution in [2.24, 2.45) is 5.73 Å². The lowest BCUT2D eigenvalue weighted by molar-refractivity contribution is -0.137. The van der Waals surface area contributed by atoms with Gasteiger partial charge in [0.05, 0.1) is 17.1 Å². The van der Waals surface area contributed by atoms with E-state index in [2.05, 4.69) is 15.6 Å². The van der Waals surface area contributed by atoms with Gasteiger partial charge in [-0.15, -0.1) is 0 Å². The monoisotopic (exact) mass is 584 g/mol. The summed E-state index contributed by atoms with van der Waals surface area (Å²) in [4.78, 5) is 30.6. The van der Waals surface area contributed by atoms with E-state index in [0.717, 1.165) is 17.7 Å². The summed E-state index contributed by atoms with van der Waals surface area (Å²) in [7, 11) is 0. The lowest BCUT2D eigenvalue weighted by atomic mass is 9.98. The van der Waals surface area contributed by atoms with Gasteiger partial charge in [-0.05, 0) is 65.2 Å². The Morgan fingerprint density at radius 3 is 2.16 bits per heavy atom. The van der Waals surface area contributed by atoms with Crippen LogP contribution in [0.25, 0.3) is 22.0 Å². The fraction of sp³-hybridized carbons (Fsp3) is 0.147.